The van der Waals surface area contributed by atoms with Gasteiger partial charge in [0, 0.05) is 0 Å². The SMILES string of the molecule is Cc1ccc(-c2ccc(CC(=O)Oc3ccc(-c4ccc(-c5ccc(C)cc5)cc4)cc3)cc2)cc1. The van der Waals surface area contributed by atoms with E-state index in [1.807, 2.05) is 48.5 Å². The molecule has 0 heterocycles. The van der Waals surface area contributed by atoms with E-state index < -0.39 is 0 Å². The molecule has 0 aromatic heterocycles. The summed E-state index contributed by atoms with van der Waals surface area (Å²) in [5.74, 6) is 0.282. The fourth-order valence-corrected chi connectivity index (χ4v) is 4.21. The Bertz CT molecular complexity index is 1440. The van der Waals surface area contributed by atoms with Crippen LogP contribution in [0.4, 0.5) is 0 Å². The third-order valence-corrected chi connectivity index (χ3v) is 6.38. The van der Waals surface area contributed by atoms with Gasteiger partial charge < -0.3 is 4.74 Å². The highest BCUT2D eigenvalue weighted by Gasteiger charge is 2.08. The Morgan fingerprint density at radius 3 is 1.17 bits per heavy atom. The molecule has 0 saturated heterocycles. The molecule has 36 heavy (non-hydrogen) atoms. The molecule has 0 N–H and O–H groups in total. The summed E-state index contributed by atoms with van der Waals surface area (Å²) in [6.45, 7) is 4.17. The van der Waals surface area contributed by atoms with E-state index in [1.54, 1.807) is 0 Å². The van der Waals surface area contributed by atoms with Crippen LogP contribution in [0.5, 0.6) is 5.75 Å². The van der Waals surface area contributed by atoms with E-state index in [2.05, 4.69) is 86.6 Å². The van der Waals surface area contributed by atoms with Crippen LogP contribution in [0.2, 0.25) is 0 Å². The van der Waals surface area contributed by atoms with Gasteiger partial charge in [0.1, 0.15) is 5.75 Å². The largest absolute Gasteiger partial charge is 0.426 e. The minimum absolute atomic E-state index is 0.233. The van der Waals surface area contributed by atoms with Crippen molar-refractivity contribution >= 4 is 5.97 Å². The molecule has 0 fully saturated rings. The molecule has 2 nitrogen and oxygen atoms in total. The Balaban J connectivity index is 1.19. The Kier molecular flexibility index (Phi) is 6.77. The van der Waals surface area contributed by atoms with E-state index in [1.165, 1.54) is 27.8 Å². The third-order valence-electron chi connectivity index (χ3n) is 6.38. The molecule has 5 aromatic rings. The lowest BCUT2D eigenvalue weighted by Crippen LogP contribution is -2.11. The van der Waals surface area contributed by atoms with Crippen LogP contribution in [-0.4, -0.2) is 5.97 Å². The smallest absolute Gasteiger partial charge is 0.315 e. The van der Waals surface area contributed by atoms with Gasteiger partial charge >= 0.3 is 5.97 Å². The molecular weight excluding hydrogens is 440 g/mol. The molecule has 0 aliphatic heterocycles. The van der Waals surface area contributed by atoms with Gasteiger partial charge in [0.15, 0.2) is 0 Å². The molecule has 0 radical (unpaired) electrons. The maximum atomic E-state index is 12.5. The summed E-state index contributed by atoms with van der Waals surface area (Å²) in [5.41, 5.74) is 10.3. The zero-order valence-electron chi connectivity index (χ0n) is 20.6. The predicted molar refractivity (Wildman–Crippen MR) is 148 cm³/mol. The first-order valence-electron chi connectivity index (χ1n) is 12.2. The molecule has 0 unspecified atom stereocenters. The molecule has 0 aliphatic carbocycles. The molecule has 2 heteroatoms. The van der Waals surface area contributed by atoms with Gasteiger partial charge in [-0.25, -0.2) is 0 Å². The van der Waals surface area contributed by atoms with Crippen LogP contribution in [0, 0.1) is 13.8 Å². The molecule has 0 aliphatic rings. The second kappa shape index (κ2) is 10.5. The highest BCUT2D eigenvalue weighted by Crippen LogP contribution is 2.27. The van der Waals surface area contributed by atoms with E-state index in [0.29, 0.717) is 5.75 Å². The third kappa shape index (κ3) is 5.61. The van der Waals surface area contributed by atoms with Gasteiger partial charge in [0.05, 0.1) is 6.42 Å². The van der Waals surface area contributed by atoms with E-state index in [4.69, 9.17) is 4.74 Å². The summed E-state index contributed by atoms with van der Waals surface area (Å²) in [6, 6.07) is 41.2. The zero-order valence-corrected chi connectivity index (χ0v) is 20.6. The normalized spacial score (nSPS) is 10.7. The summed E-state index contributed by atoms with van der Waals surface area (Å²) in [7, 11) is 0. The lowest BCUT2D eigenvalue weighted by atomic mass is 10.00. The molecule has 0 saturated carbocycles. The molecule has 0 bridgehead atoms. The summed E-state index contributed by atoms with van der Waals surface area (Å²) in [4.78, 5) is 12.5. The average Bonchev–Trinajstić information content (AvgIpc) is 2.91. The van der Waals surface area contributed by atoms with Crippen LogP contribution in [-0.2, 0) is 11.2 Å². The first-order valence-corrected chi connectivity index (χ1v) is 12.2. The molecule has 0 atom stereocenters. The number of benzene rings is 5. The lowest BCUT2D eigenvalue weighted by molar-refractivity contribution is -0.133. The van der Waals surface area contributed by atoms with Crippen LogP contribution in [0.3, 0.4) is 0 Å². The van der Waals surface area contributed by atoms with Crippen molar-refractivity contribution < 1.29 is 9.53 Å². The van der Waals surface area contributed by atoms with E-state index >= 15 is 0 Å². The fourth-order valence-electron chi connectivity index (χ4n) is 4.21. The molecular formula is C34H28O2. The quantitative estimate of drug-likeness (QED) is 0.185. The van der Waals surface area contributed by atoms with Crippen molar-refractivity contribution in [2.24, 2.45) is 0 Å². The summed E-state index contributed by atoms with van der Waals surface area (Å²) < 4.78 is 5.58. The van der Waals surface area contributed by atoms with Crippen LogP contribution in [0.1, 0.15) is 16.7 Å². The highest BCUT2D eigenvalue weighted by molar-refractivity contribution is 5.76. The van der Waals surface area contributed by atoms with Crippen molar-refractivity contribution in [1.82, 2.24) is 0 Å². The topological polar surface area (TPSA) is 26.3 Å². The van der Waals surface area contributed by atoms with Crippen LogP contribution < -0.4 is 4.74 Å². The number of ether oxygens (including phenoxy) is 1. The summed E-state index contributed by atoms with van der Waals surface area (Å²) >= 11 is 0. The number of hydrogen-bond donors (Lipinski definition) is 0. The van der Waals surface area contributed by atoms with Gasteiger partial charge in [0.2, 0.25) is 0 Å². The second-order valence-corrected chi connectivity index (χ2v) is 9.18. The van der Waals surface area contributed by atoms with Gasteiger partial charge in [-0.15, -0.1) is 0 Å². The van der Waals surface area contributed by atoms with Crippen molar-refractivity contribution in [3.8, 4) is 39.1 Å². The van der Waals surface area contributed by atoms with Crippen LogP contribution in [0.15, 0.2) is 121 Å². The van der Waals surface area contributed by atoms with Crippen molar-refractivity contribution in [2.75, 3.05) is 0 Å². The van der Waals surface area contributed by atoms with Crippen LogP contribution in [0.25, 0.3) is 33.4 Å². The second-order valence-electron chi connectivity index (χ2n) is 9.18. The highest BCUT2D eigenvalue weighted by atomic mass is 16.5. The number of aryl methyl sites for hydroxylation is 2. The van der Waals surface area contributed by atoms with E-state index in [0.717, 1.165) is 22.3 Å². The average molecular weight is 469 g/mol. The van der Waals surface area contributed by atoms with E-state index in [9.17, 15) is 4.79 Å². The van der Waals surface area contributed by atoms with Gasteiger partial charge in [0.25, 0.3) is 0 Å². The lowest BCUT2D eigenvalue weighted by Gasteiger charge is -2.08. The van der Waals surface area contributed by atoms with Crippen LogP contribution >= 0.6 is 0 Å². The molecule has 0 spiro atoms. The monoisotopic (exact) mass is 468 g/mol. The summed E-state index contributed by atoms with van der Waals surface area (Å²) in [6.07, 6.45) is 0.233. The first-order chi connectivity index (χ1) is 17.5. The van der Waals surface area contributed by atoms with E-state index in [-0.39, 0.29) is 12.4 Å². The van der Waals surface area contributed by atoms with Gasteiger partial charge in [-0.1, -0.05) is 120 Å². The minimum Gasteiger partial charge on any atom is -0.426 e. The molecule has 5 rings (SSSR count). The Morgan fingerprint density at radius 2 is 0.778 bits per heavy atom. The molecule has 0 amide bonds. The maximum absolute atomic E-state index is 12.5. The van der Waals surface area contributed by atoms with Crippen molar-refractivity contribution in [2.45, 2.75) is 20.3 Å². The zero-order chi connectivity index (χ0) is 24.9. The predicted octanol–water partition coefficient (Wildman–Crippen LogP) is 8.45. The van der Waals surface area contributed by atoms with Gasteiger partial charge in [-0.3, -0.25) is 4.79 Å². The molecule has 5 aromatic carbocycles. The maximum Gasteiger partial charge on any atom is 0.315 e. The Labute approximate surface area is 212 Å². The number of esters is 1. The number of carbonyl (C=O) groups is 1. The van der Waals surface area contributed by atoms with Gasteiger partial charge in [-0.2, -0.15) is 0 Å². The number of carbonyl (C=O) groups excluding carboxylic acids is 1. The Hall–Kier alpha value is -4.43. The van der Waals surface area contributed by atoms with Crippen molar-refractivity contribution in [3.05, 3.63) is 138 Å². The molecule has 176 valence electrons. The van der Waals surface area contributed by atoms with Crippen molar-refractivity contribution in [3.63, 3.8) is 0 Å². The van der Waals surface area contributed by atoms with Gasteiger partial charge in [-0.05, 0) is 64.9 Å². The standard InChI is InChI=1S/C34H28O2/c1-24-3-9-27(10-4-24)29-13-7-26(8-14-29)23-34(35)36-33-21-19-32(20-22-33)31-17-15-30(16-18-31)28-11-5-25(2)6-12-28/h3-22H,23H2,1-2H3. The fraction of sp³-hybridized carbons (Fsp3) is 0.0882. The Morgan fingerprint density at radius 1 is 0.472 bits per heavy atom. The minimum atomic E-state index is -0.270. The first kappa shape index (κ1) is 23.3. The number of rotatable bonds is 6. The number of hydrogen-bond acceptors (Lipinski definition) is 2. The summed E-state index contributed by atoms with van der Waals surface area (Å²) in [5, 5.41) is 0. The van der Waals surface area contributed by atoms with Crippen molar-refractivity contribution in [1.29, 1.82) is 0 Å².